The molecule has 1 N–H and O–H groups in total. The number of hydrogen-bond acceptors (Lipinski definition) is 4. The maximum absolute atomic E-state index is 14.4. The van der Waals surface area contributed by atoms with Gasteiger partial charge in [-0.25, -0.2) is 22.0 Å². The molecule has 0 bridgehead atoms. The minimum absolute atomic E-state index is 0.0869. The molecule has 0 unspecified atom stereocenters. The van der Waals surface area contributed by atoms with Crippen LogP contribution in [0.3, 0.4) is 0 Å². The van der Waals surface area contributed by atoms with Crippen LogP contribution in [-0.2, 0) is 11.3 Å². The summed E-state index contributed by atoms with van der Waals surface area (Å²) < 4.78 is 71.4. The van der Waals surface area contributed by atoms with E-state index in [4.69, 9.17) is 23.2 Å². The average Bonchev–Trinajstić information content (AvgIpc) is 3.32. The quantitative estimate of drug-likeness (QED) is 0.198. The molecule has 1 amide bonds. The number of carboxylic acids is 1. The summed E-state index contributed by atoms with van der Waals surface area (Å²) in [5.74, 6) is -5.76. The number of carbonyl (C=O) groups excluding carboxylic acids is 2. The highest BCUT2D eigenvalue weighted by molar-refractivity contribution is 6.40. The van der Waals surface area contributed by atoms with Crippen molar-refractivity contribution in [2.75, 3.05) is 6.54 Å². The second-order valence-corrected chi connectivity index (χ2v) is 11.2. The largest absolute Gasteiger partial charge is 0.481 e. The monoisotopic (exact) mass is 631 g/mol. The van der Waals surface area contributed by atoms with Crippen LogP contribution in [0.2, 0.25) is 10.0 Å². The number of amides is 1. The standard InChI is InChI=1S/C28H24Cl2F5N3O4/c1-28(27(41)42)4-2-18(3-5-28)38-24(25(34)35)19(11-36-38)26(40)37(12-14-6-15(31)8-16(32)7-14)13-22(39)23-20(29)9-17(33)10-21(23)30/h6-11,18,25H,2-5,12-13H2,1H3,(H,41,42)/t18-,28-. The summed E-state index contributed by atoms with van der Waals surface area (Å²) in [4.78, 5) is 39.3. The second kappa shape index (κ2) is 12.4. The highest BCUT2D eigenvalue weighted by Gasteiger charge is 2.40. The van der Waals surface area contributed by atoms with Crippen molar-refractivity contribution in [3.8, 4) is 0 Å². The molecule has 1 aliphatic carbocycles. The predicted octanol–water partition coefficient (Wildman–Crippen LogP) is 7.28. The number of benzene rings is 2. The topological polar surface area (TPSA) is 92.5 Å². The normalized spacial score (nSPS) is 18.7. The molecule has 1 heterocycles. The molecule has 2 aromatic carbocycles. The number of carboxylic acid groups (broad SMARTS) is 1. The first kappa shape index (κ1) is 31.4. The smallest absolute Gasteiger partial charge is 0.309 e. The first-order valence-electron chi connectivity index (χ1n) is 12.7. The van der Waals surface area contributed by atoms with Gasteiger partial charge in [-0.3, -0.25) is 19.1 Å². The molecule has 0 aliphatic heterocycles. The van der Waals surface area contributed by atoms with Crippen LogP contribution < -0.4 is 0 Å². The summed E-state index contributed by atoms with van der Waals surface area (Å²) in [6.45, 7) is 0.168. The number of rotatable bonds is 9. The molecule has 7 nitrogen and oxygen atoms in total. The number of halogens is 7. The number of ketones is 1. The van der Waals surface area contributed by atoms with E-state index >= 15 is 0 Å². The summed E-state index contributed by atoms with van der Waals surface area (Å²) in [7, 11) is 0. The van der Waals surface area contributed by atoms with E-state index in [0.717, 1.165) is 40.0 Å². The number of aromatic nitrogens is 2. The molecule has 0 spiro atoms. The van der Waals surface area contributed by atoms with Crippen LogP contribution in [0.15, 0.2) is 36.5 Å². The van der Waals surface area contributed by atoms with Gasteiger partial charge in [0, 0.05) is 12.6 Å². The molecule has 1 saturated carbocycles. The zero-order valence-corrected chi connectivity index (χ0v) is 23.5. The fourth-order valence-electron chi connectivity index (χ4n) is 5.10. The van der Waals surface area contributed by atoms with Crippen molar-refractivity contribution in [1.82, 2.24) is 14.7 Å². The Hall–Kier alpha value is -3.51. The van der Waals surface area contributed by atoms with E-state index in [1.54, 1.807) is 6.92 Å². The highest BCUT2D eigenvalue weighted by Crippen LogP contribution is 2.42. The van der Waals surface area contributed by atoms with Crippen molar-refractivity contribution < 1.29 is 41.4 Å². The maximum atomic E-state index is 14.4. The lowest BCUT2D eigenvalue weighted by Gasteiger charge is -2.34. The van der Waals surface area contributed by atoms with Crippen LogP contribution in [0.5, 0.6) is 0 Å². The molecule has 1 aliphatic rings. The van der Waals surface area contributed by atoms with Crippen LogP contribution in [0.1, 0.15) is 77.0 Å². The van der Waals surface area contributed by atoms with Crippen LogP contribution in [0.25, 0.3) is 0 Å². The van der Waals surface area contributed by atoms with E-state index in [2.05, 4.69) is 5.10 Å². The van der Waals surface area contributed by atoms with Crippen LogP contribution in [0, 0.1) is 22.9 Å². The molecule has 42 heavy (non-hydrogen) atoms. The Morgan fingerprint density at radius 2 is 1.57 bits per heavy atom. The van der Waals surface area contributed by atoms with Crippen molar-refractivity contribution in [2.45, 2.75) is 51.6 Å². The fraction of sp³-hybridized carbons (Fsp3) is 0.357. The zero-order chi connectivity index (χ0) is 30.9. The number of Topliss-reactive ketones (excluding diaryl/α,β-unsaturated/α-hetero) is 1. The van der Waals surface area contributed by atoms with Crippen molar-refractivity contribution in [2.24, 2.45) is 5.41 Å². The molecule has 0 atom stereocenters. The lowest BCUT2D eigenvalue weighted by atomic mass is 9.74. The van der Waals surface area contributed by atoms with Gasteiger partial charge in [0.1, 0.15) is 23.1 Å². The molecular weight excluding hydrogens is 608 g/mol. The zero-order valence-electron chi connectivity index (χ0n) is 22.0. The molecule has 14 heteroatoms. The first-order chi connectivity index (χ1) is 19.7. The second-order valence-electron chi connectivity index (χ2n) is 10.4. The van der Waals surface area contributed by atoms with E-state index in [1.807, 2.05) is 0 Å². The van der Waals surface area contributed by atoms with Crippen molar-refractivity contribution in [3.63, 3.8) is 0 Å². The van der Waals surface area contributed by atoms with Gasteiger partial charge in [-0.15, -0.1) is 0 Å². The Labute approximate surface area is 246 Å². The van der Waals surface area contributed by atoms with Gasteiger partial charge in [0.25, 0.3) is 12.3 Å². The van der Waals surface area contributed by atoms with Crippen LogP contribution >= 0.6 is 23.2 Å². The van der Waals surface area contributed by atoms with Crippen LogP contribution in [-0.4, -0.2) is 44.0 Å². The van der Waals surface area contributed by atoms with Gasteiger partial charge < -0.3 is 10.0 Å². The highest BCUT2D eigenvalue weighted by atomic mass is 35.5. The Morgan fingerprint density at radius 3 is 2.10 bits per heavy atom. The van der Waals surface area contributed by atoms with Crippen molar-refractivity contribution in [3.05, 3.63) is 86.4 Å². The third-order valence-electron chi connectivity index (χ3n) is 7.40. The number of hydrogen-bond donors (Lipinski definition) is 1. The lowest BCUT2D eigenvalue weighted by molar-refractivity contribution is -0.150. The summed E-state index contributed by atoms with van der Waals surface area (Å²) in [6.07, 6.45) is -1.46. The van der Waals surface area contributed by atoms with Gasteiger partial charge in [-0.2, -0.15) is 5.10 Å². The van der Waals surface area contributed by atoms with Gasteiger partial charge in [-0.1, -0.05) is 23.2 Å². The van der Waals surface area contributed by atoms with Gasteiger partial charge in [0.2, 0.25) is 0 Å². The van der Waals surface area contributed by atoms with E-state index in [-0.39, 0.29) is 46.9 Å². The molecule has 0 saturated heterocycles. The van der Waals surface area contributed by atoms with Gasteiger partial charge in [-0.05, 0) is 62.4 Å². The summed E-state index contributed by atoms with van der Waals surface area (Å²) in [5.41, 5.74) is -2.75. The van der Waals surface area contributed by atoms with Crippen molar-refractivity contribution in [1.29, 1.82) is 0 Å². The van der Waals surface area contributed by atoms with E-state index in [9.17, 15) is 41.4 Å². The summed E-state index contributed by atoms with van der Waals surface area (Å²) >= 11 is 12.0. The van der Waals surface area contributed by atoms with Crippen molar-refractivity contribution >= 4 is 40.9 Å². The molecule has 1 fully saturated rings. The third kappa shape index (κ3) is 6.59. The minimum Gasteiger partial charge on any atom is -0.481 e. The Morgan fingerprint density at radius 1 is 1.02 bits per heavy atom. The van der Waals surface area contributed by atoms with Gasteiger partial charge in [0.05, 0.1) is 45.4 Å². The van der Waals surface area contributed by atoms with E-state index < -0.39 is 77.3 Å². The third-order valence-corrected chi connectivity index (χ3v) is 7.99. The first-order valence-corrected chi connectivity index (χ1v) is 13.5. The SMILES string of the molecule is C[C@]1(C(=O)O)CC[C@H](n2ncc(C(=O)N(CC(=O)c3c(Cl)cc(F)cc3Cl)Cc3cc(F)cc(F)c3)c2C(F)F)CC1. The Kier molecular flexibility index (Phi) is 9.27. The molecule has 4 rings (SSSR count). The minimum atomic E-state index is -3.19. The molecule has 3 aromatic rings. The Balaban J connectivity index is 1.70. The van der Waals surface area contributed by atoms with E-state index in [1.165, 1.54) is 0 Å². The lowest BCUT2D eigenvalue weighted by Crippen LogP contribution is -2.36. The number of alkyl halides is 2. The fourth-order valence-corrected chi connectivity index (χ4v) is 5.77. The average molecular weight is 632 g/mol. The predicted molar refractivity (Wildman–Crippen MR) is 142 cm³/mol. The molecule has 224 valence electrons. The van der Waals surface area contributed by atoms with E-state index in [0.29, 0.717) is 6.07 Å². The number of aliphatic carboxylic acids is 1. The summed E-state index contributed by atoms with van der Waals surface area (Å²) in [6, 6.07) is 3.44. The summed E-state index contributed by atoms with van der Waals surface area (Å²) in [5, 5.41) is 12.8. The number of nitrogens with zero attached hydrogens (tertiary/aromatic N) is 3. The molecular formula is C28H24Cl2F5N3O4. The van der Waals surface area contributed by atoms with Crippen LogP contribution in [0.4, 0.5) is 22.0 Å². The van der Waals surface area contributed by atoms with Gasteiger partial charge >= 0.3 is 5.97 Å². The maximum Gasteiger partial charge on any atom is 0.309 e. The molecule has 1 aromatic heterocycles. The molecule has 0 radical (unpaired) electrons. The Bertz CT molecular complexity index is 1500. The van der Waals surface area contributed by atoms with Gasteiger partial charge in [0.15, 0.2) is 5.78 Å². The number of carbonyl (C=O) groups is 3.